The van der Waals surface area contributed by atoms with Crippen molar-refractivity contribution in [1.82, 2.24) is 0 Å². The van der Waals surface area contributed by atoms with Crippen LogP contribution in [0.1, 0.15) is 17.6 Å². The molecule has 0 saturated heterocycles. The van der Waals surface area contributed by atoms with Crippen molar-refractivity contribution in [1.29, 1.82) is 0 Å². The number of rotatable bonds is 2. The second-order valence-corrected chi connectivity index (χ2v) is 3.57. The second-order valence-electron chi connectivity index (χ2n) is 2.72. The van der Waals surface area contributed by atoms with Crippen LogP contribution in [0.3, 0.4) is 0 Å². The van der Waals surface area contributed by atoms with Crippen LogP contribution in [0, 0.1) is 17.0 Å². The first-order valence-electron chi connectivity index (χ1n) is 3.66. The van der Waals surface area contributed by atoms with Crippen molar-refractivity contribution in [3.63, 3.8) is 0 Å². The van der Waals surface area contributed by atoms with E-state index in [1.165, 1.54) is 0 Å². The molecule has 0 amide bonds. The van der Waals surface area contributed by atoms with E-state index in [4.69, 9.17) is 0 Å². The fourth-order valence-corrected chi connectivity index (χ4v) is 1.36. The molecule has 0 N–H and O–H groups in total. The molecule has 1 aromatic rings. The van der Waals surface area contributed by atoms with Gasteiger partial charge < -0.3 is 0 Å². The molecule has 0 aliphatic heterocycles. The highest BCUT2D eigenvalue weighted by molar-refractivity contribution is 9.10. The fraction of sp³-hybridized carbons (Fsp3) is 0.250. The zero-order valence-corrected chi connectivity index (χ0v) is 8.72. The first kappa shape index (κ1) is 11.0. The Morgan fingerprint density at radius 1 is 1.50 bits per heavy atom. The Bertz CT molecular complexity index is 382. The van der Waals surface area contributed by atoms with E-state index in [0.29, 0.717) is 10.0 Å². The first-order chi connectivity index (χ1) is 6.43. The Balaban J connectivity index is 3.39. The van der Waals surface area contributed by atoms with Gasteiger partial charge in [0, 0.05) is 10.5 Å². The van der Waals surface area contributed by atoms with Gasteiger partial charge in [-0.2, -0.15) is 0 Å². The van der Waals surface area contributed by atoms with E-state index in [9.17, 15) is 18.9 Å². The van der Waals surface area contributed by atoms with Crippen LogP contribution < -0.4 is 0 Å². The van der Waals surface area contributed by atoms with Crippen LogP contribution in [0.15, 0.2) is 16.6 Å². The average molecular weight is 266 g/mol. The summed E-state index contributed by atoms with van der Waals surface area (Å²) in [5, 5.41) is 10.4. The zero-order chi connectivity index (χ0) is 10.9. The van der Waals surface area contributed by atoms with E-state index >= 15 is 0 Å². The Labute approximate surface area is 87.0 Å². The predicted octanol–water partition coefficient (Wildman–Crippen LogP) is 3.60. The van der Waals surface area contributed by atoms with Crippen LogP contribution in [0.4, 0.5) is 14.5 Å². The quantitative estimate of drug-likeness (QED) is 0.606. The van der Waals surface area contributed by atoms with E-state index < -0.39 is 22.6 Å². The fourth-order valence-electron chi connectivity index (χ4n) is 1.03. The number of benzene rings is 1. The van der Waals surface area contributed by atoms with Gasteiger partial charge >= 0.3 is 0 Å². The maximum absolute atomic E-state index is 12.4. The van der Waals surface area contributed by atoms with Crippen LogP contribution in [0.2, 0.25) is 0 Å². The van der Waals surface area contributed by atoms with Gasteiger partial charge in [0.2, 0.25) is 0 Å². The molecular weight excluding hydrogens is 260 g/mol. The van der Waals surface area contributed by atoms with Crippen LogP contribution in [0.25, 0.3) is 0 Å². The summed E-state index contributed by atoms with van der Waals surface area (Å²) < 4.78 is 25.2. The number of halogens is 3. The van der Waals surface area contributed by atoms with Crippen molar-refractivity contribution in [2.24, 2.45) is 0 Å². The highest BCUT2D eigenvalue weighted by Gasteiger charge is 2.22. The zero-order valence-electron chi connectivity index (χ0n) is 7.13. The largest absolute Gasteiger partial charge is 0.279 e. The monoisotopic (exact) mass is 265 g/mol. The van der Waals surface area contributed by atoms with Gasteiger partial charge in [-0.3, -0.25) is 10.1 Å². The van der Waals surface area contributed by atoms with Gasteiger partial charge in [-0.25, -0.2) is 8.78 Å². The number of nitro benzene ring substituents is 1. The molecule has 0 aliphatic carbocycles. The summed E-state index contributed by atoms with van der Waals surface area (Å²) in [7, 11) is 0. The van der Waals surface area contributed by atoms with Crippen LogP contribution in [-0.2, 0) is 0 Å². The minimum atomic E-state index is -2.83. The summed E-state index contributed by atoms with van der Waals surface area (Å²) in [5.74, 6) is 0. The Kier molecular flexibility index (Phi) is 3.15. The molecule has 0 radical (unpaired) electrons. The summed E-state index contributed by atoms with van der Waals surface area (Å²) in [4.78, 5) is 9.63. The summed E-state index contributed by atoms with van der Waals surface area (Å²) in [6, 6.07) is 2.21. The number of hydrogen-bond donors (Lipinski definition) is 0. The van der Waals surface area contributed by atoms with Crippen LogP contribution >= 0.6 is 15.9 Å². The molecule has 0 unspecified atom stereocenters. The molecule has 6 heteroatoms. The van der Waals surface area contributed by atoms with Crippen molar-refractivity contribution in [3.8, 4) is 0 Å². The normalized spacial score (nSPS) is 10.6. The van der Waals surface area contributed by atoms with E-state index in [-0.39, 0.29) is 0 Å². The molecule has 0 aliphatic rings. The average Bonchev–Trinajstić information content (AvgIpc) is 2.08. The minimum absolute atomic E-state index is 0.452. The summed E-state index contributed by atoms with van der Waals surface area (Å²) in [5.41, 5.74) is -0.556. The lowest BCUT2D eigenvalue weighted by Gasteiger charge is -2.04. The van der Waals surface area contributed by atoms with E-state index in [2.05, 4.69) is 15.9 Å². The highest BCUT2D eigenvalue weighted by Crippen LogP contribution is 2.33. The highest BCUT2D eigenvalue weighted by atomic mass is 79.9. The van der Waals surface area contributed by atoms with Crippen molar-refractivity contribution in [3.05, 3.63) is 37.8 Å². The van der Waals surface area contributed by atoms with Gasteiger partial charge in [-0.15, -0.1) is 0 Å². The summed E-state index contributed by atoms with van der Waals surface area (Å²) in [6.45, 7) is 1.60. The molecule has 0 fully saturated rings. The van der Waals surface area contributed by atoms with Gasteiger partial charge in [-0.05, 0) is 18.6 Å². The third-order valence-corrected chi connectivity index (χ3v) is 2.59. The Morgan fingerprint density at radius 2 is 2.07 bits per heavy atom. The van der Waals surface area contributed by atoms with Gasteiger partial charge in [-0.1, -0.05) is 15.9 Å². The third-order valence-electron chi connectivity index (χ3n) is 1.74. The SMILES string of the molecule is Cc1cc(C(F)F)c([N+](=O)[O-])cc1Br. The number of nitro groups is 1. The van der Waals surface area contributed by atoms with Crippen molar-refractivity contribution >= 4 is 21.6 Å². The lowest BCUT2D eigenvalue weighted by molar-refractivity contribution is -0.386. The molecule has 0 aromatic heterocycles. The molecular formula is C8H6BrF2NO2. The molecule has 1 aromatic carbocycles. The van der Waals surface area contributed by atoms with Crippen molar-refractivity contribution in [2.75, 3.05) is 0 Å². The molecule has 0 heterocycles. The van der Waals surface area contributed by atoms with Crippen molar-refractivity contribution in [2.45, 2.75) is 13.3 Å². The van der Waals surface area contributed by atoms with E-state index in [1.807, 2.05) is 0 Å². The molecule has 3 nitrogen and oxygen atoms in total. The maximum Gasteiger partial charge on any atom is 0.279 e. The maximum atomic E-state index is 12.4. The summed E-state index contributed by atoms with van der Waals surface area (Å²) in [6.07, 6.45) is -2.83. The Hall–Kier alpha value is -1.04. The second kappa shape index (κ2) is 4.00. The predicted molar refractivity (Wildman–Crippen MR) is 50.5 cm³/mol. The summed E-state index contributed by atoms with van der Waals surface area (Å²) >= 11 is 3.05. The molecule has 0 saturated carbocycles. The topological polar surface area (TPSA) is 43.1 Å². The van der Waals surface area contributed by atoms with Gasteiger partial charge in [0.15, 0.2) is 0 Å². The molecule has 1 rings (SSSR count). The lowest BCUT2D eigenvalue weighted by atomic mass is 10.1. The molecule has 0 atom stereocenters. The third kappa shape index (κ3) is 2.06. The lowest BCUT2D eigenvalue weighted by Crippen LogP contribution is -1.97. The molecule has 76 valence electrons. The van der Waals surface area contributed by atoms with Crippen LogP contribution in [0.5, 0.6) is 0 Å². The minimum Gasteiger partial charge on any atom is -0.258 e. The van der Waals surface area contributed by atoms with Gasteiger partial charge in [0.1, 0.15) is 0 Å². The van der Waals surface area contributed by atoms with Gasteiger partial charge in [0.25, 0.3) is 12.1 Å². The molecule has 0 bridgehead atoms. The smallest absolute Gasteiger partial charge is 0.258 e. The Morgan fingerprint density at radius 3 is 2.50 bits per heavy atom. The number of hydrogen-bond acceptors (Lipinski definition) is 2. The number of aryl methyl sites for hydroxylation is 1. The molecule has 0 spiro atoms. The number of alkyl halides is 2. The molecule has 14 heavy (non-hydrogen) atoms. The van der Waals surface area contributed by atoms with Gasteiger partial charge in [0.05, 0.1) is 10.5 Å². The van der Waals surface area contributed by atoms with E-state index in [0.717, 1.165) is 12.1 Å². The first-order valence-corrected chi connectivity index (χ1v) is 4.45. The van der Waals surface area contributed by atoms with Crippen molar-refractivity contribution < 1.29 is 13.7 Å². The standard InChI is InChI=1S/C8H6BrF2NO2/c1-4-2-5(8(10)11)7(12(13)14)3-6(4)9/h2-3,8H,1H3. The van der Waals surface area contributed by atoms with Crippen LogP contribution in [-0.4, -0.2) is 4.92 Å². The van der Waals surface area contributed by atoms with E-state index in [1.54, 1.807) is 6.92 Å². The number of nitrogens with zero attached hydrogens (tertiary/aromatic N) is 1.